The lowest BCUT2D eigenvalue weighted by molar-refractivity contribution is -0.138. The lowest BCUT2D eigenvalue weighted by atomic mass is 10.0. The number of amides is 1. The van der Waals surface area contributed by atoms with E-state index in [1.165, 1.54) is 0 Å². The summed E-state index contributed by atoms with van der Waals surface area (Å²) in [5.74, 6) is 0.309. The first-order chi connectivity index (χ1) is 7.22. The van der Waals surface area contributed by atoms with Gasteiger partial charge in [-0.2, -0.15) is 0 Å². The van der Waals surface area contributed by atoms with Crippen molar-refractivity contribution in [1.82, 2.24) is 15.1 Å². The molecule has 0 saturated carbocycles. The van der Waals surface area contributed by atoms with E-state index >= 15 is 0 Å². The normalized spacial score (nSPS) is 33.7. The molecule has 1 N–H and O–H groups in total. The highest BCUT2D eigenvalue weighted by molar-refractivity contribution is 5.83. The summed E-state index contributed by atoms with van der Waals surface area (Å²) < 4.78 is 0. The molecular formula is C11H21N3O. The molecule has 0 aromatic rings. The van der Waals surface area contributed by atoms with E-state index in [1.807, 2.05) is 7.05 Å². The molecule has 2 atom stereocenters. The summed E-state index contributed by atoms with van der Waals surface area (Å²) in [6.45, 7) is 3.12. The first-order valence-electron chi connectivity index (χ1n) is 5.88. The highest BCUT2D eigenvalue weighted by Gasteiger charge is 2.34. The van der Waals surface area contributed by atoms with E-state index in [9.17, 15) is 4.79 Å². The Labute approximate surface area is 91.6 Å². The number of likely N-dealkylation sites (tertiary alicyclic amines) is 2. The Balaban J connectivity index is 1.99. The van der Waals surface area contributed by atoms with Gasteiger partial charge in [0.1, 0.15) is 0 Å². The molecule has 2 rings (SSSR count). The molecule has 86 valence electrons. The van der Waals surface area contributed by atoms with Crippen molar-refractivity contribution in [2.24, 2.45) is 0 Å². The molecule has 0 aromatic carbocycles. The highest BCUT2D eigenvalue weighted by Crippen LogP contribution is 2.20. The molecule has 15 heavy (non-hydrogen) atoms. The van der Waals surface area contributed by atoms with Crippen LogP contribution < -0.4 is 5.32 Å². The van der Waals surface area contributed by atoms with Crippen LogP contribution in [0.4, 0.5) is 0 Å². The van der Waals surface area contributed by atoms with Crippen LogP contribution in [0.5, 0.6) is 0 Å². The van der Waals surface area contributed by atoms with E-state index in [2.05, 4.69) is 22.2 Å². The summed E-state index contributed by atoms with van der Waals surface area (Å²) in [5, 5.41) is 3.11. The minimum Gasteiger partial charge on any atom is -0.337 e. The Morgan fingerprint density at radius 3 is 2.73 bits per heavy atom. The van der Waals surface area contributed by atoms with Crippen molar-refractivity contribution in [3.63, 3.8) is 0 Å². The number of nitrogens with zero attached hydrogens (tertiary/aromatic N) is 2. The number of piperidine rings is 1. The number of rotatable bonds is 2. The van der Waals surface area contributed by atoms with Crippen LogP contribution in [0.1, 0.15) is 19.3 Å². The molecule has 0 bridgehead atoms. The van der Waals surface area contributed by atoms with Gasteiger partial charge in [0.25, 0.3) is 0 Å². The van der Waals surface area contributed by atoms with Crippen LogP contribution in [0.15, 0.2) is 0 Å². The molecular weight excluding hydrogens is 190 g/mol. The van der Waals surface area contributed by atoms with E-state index in [1.54, 1.807) is 0 Å². The number of hydrogen-bond donors (Lipinski definition) is 1. The molecule has 2 fully saturated rings. The second kappa shape index (κ2) is 4.49. The van der Waals surface area contributed by atoms with E-state index in [4.69, 9.17) is 0 Å². The van der Waals surface area contributed by atoms with Gasteiger partial charge in [0.15, 0.2) is 0 Å². The van der Waals surface area contributed by atoms with Gasteiger partial charge in [0.2, 0.25) is 5.91 Å². The van der Waals surface area contributed by atoms with Crippen LogP contribution in [-0.4, -0.2) is 61.5 Å². The van der Waals surface area contributed by atoms with Gasteiger partial charge < -0.3 is 15.1 Å². The van der Waals surface area contributed by atoms with Crippen molar-refractivity contribution in [1.29, 1.82) is 0 Å². The Kier molecular flexibility index (Phi) is 3.26. The second-order valence-corrected chi connectivity index (χ2v) is 4.72. The van der Waals surface area contributed by atoms with Crippen molar-refractivity contribution in [3.8, 4) is 0 Å². The fraction of sp³-hybridized carbons (Fsp3) is 0.909. The Hall–Kier alpha value is -0.610. The third-order valence-electron chi connectivity index (χ3n) is 3.63. The summed E-state index contributed by atoms with van der Waals surface area (Å²) >= 11 is 0. The minimum atomic E-state index is 0.0599. The SMILES string of the molecule is CNC1CCCN(C2CCN(C)C2)C1=O. The van der Waals surface area contributed by atoms with E-state index in [0.717, 1.165) is 38.9 Å². The lowest BCUT2D eigenvalue weighted by Gasteiger charge is -2.36. The van der Waals surface area contributed by atoms with Gasteiger partial charge in [0, 0.05) is 19.1 Å². The topological polar surface area (TPSA) is 35.6 Å². The van der Waals surface area contributed by atoms with Crippen molar-refractivity contribution in [3.05, 3.63) is 0 Å². The second-order valence-electron chi connectivity index (χ2n) is 4.72. The monoisotopic (exact) mass is 211 g/mol. The summed E-state index contributed by atoms with van der Waals surface area (Å²) in [7, 11) is 4.01. The van der Waals surface area contributed by atoms with Gasteiger partial charge >= 0.3 is 0 Å². The van der Waals surface area contributed by atoms with Crippen LogP contribution in [-0.2, 0) is 4.79 Å². The molecule has 0 radical (unpaired) electrons. The Morgan fingerprint density at radius 2 is 2.13 bits per heavy atom. The quantitative estimate of drug-likeness (QED) is 0.693. The third kappa shape index (κ3) is 2.16. The smallest absolute Gasteiger partial charge is 0.239 e. The number of nitrogens with one attached hydrogen (secondary N) is 1. The molecule has 0 aromatic heterocycles. The molecule has 2 saturated heterocycles. The van der Waals surface area contributed by atoms with Crippen molar-refractivity contribution in [2.75, 3.05) is 33.7 Å². The van der Waals surface area contributed by atoms with Crippen LogP contribution >= 0.6 is 0 Å². The predicted octanol–water partition coefficient (Wildman–Crippen LogP) is -0.0991. The average molecular weight is 211 g/mol. The van der Waals surface area contributed by atoms with E-state index in [-0.39, 0.29) is 6.04 Å². The van der Waals surface area contributed by atoms with Gasteiger partial charge in [-0.05, 0) is 39.9 Å². The number of likely N-dealkylation sites (N-methyl/N-ethyl adjacent to an activating group) is 2. The van der Waals surface area contributed by atoms with Gasteiger partial charge in [-0.1, -0.05) is 0 Å². The highest BCUT2D eigenvalue weighted by atomic mass is 16.2. The van der Waals surface area contributed by atoms with Crippen LogP contribution in [0.3, 0.4) is 0 Å². The maximum Gasteiger partial charge on any atom is 0.239 e. The molecule has 1 amide bonds. The Bertz CT molecular complexity index is 244. The summed E-state index contributed by atoms with van der Waals surface area (Å²) in [6, 6.07) is 0.517. The van der Waals surface area contributed by atoms with Crippen molar-refractivity contribution < 1.29 is 4.79 Å². The first kappa shape index (κ1) is 10.9. The molecule has 0 spiro atoms. The zero-order valence-electron chi connectivity index (χ0n) is 9.70. The van der Waals surface area contributed by atoms with Crippen LogP contribution in [0, 0.1) is 0 Å². The third-order valence-corrected chi connectivity index (χ3v) is 3.63. The number of carbonyl (C=O) groups is 1. The fourth-order valence-corrected chi connectivity index (χ4v) is 2.70. The Morgan fingerprint density at radius 1 is 1.33 bits per heavy atom. The maximum atomic E-state index is 12.1. The largest absolute Gasteiger partial charge is 0.337 e. The molecule has 2 unspecified atom stereocenters. The molecule has 2 aliphatic rings. The lowest BCUT2D eigenvalue weighted by Crippen LogP contribution is -2.53. The molecule has 2 aliphatic heterocycles. The zero-order chi connectivity index (χ0) is 10.8. The first-order valence-corrected chi connectivity index (χ1v) is 5.88. The zero-order valence-corrected chi connectivity index (χ0v) is 9.70. The number of carbonyl (C=O) groups excluding carboxylic acids is 1. The molecule has 0 aliphatic carbocycles. The number of hydrogen-bond acceptors (Lipinski definition) is 3. The van der Waals surface area contributed by atoms with Crippen LogP contribution in [0.25, 0.3) is 0 Å². The van der Waals surface area contributed by atoms with Crippen molar-refractivity contribution >= 4 is 5.91 Å². The fourth-order valence-electron chi connectivity index (χ4n) is 2.70. The van der Waals surface area contributed by atoms with Gasteiger partial charge in [-0.15, -0.1) is 0 Å². The van der Waals surface area contributed by atoms with E-state index < -0.39 is 0 Å². The maximum absolute atomic E-state index is 12.1. The summed E-state index contributed by atoms with van der Waals surface area (Å²) in [5.41, 5.74) is 0. The van der Waals surface area contributed by atoms with Crippen LogP contribution in [0.2, 0.25) is 0 Å². The molecule has 4 nitrogen and oxygen atoms in total. The molecule has 2 heterocycles. The summed E-state index contributed by atoms with van der Waals surface area (Å²) in [4.78, 5) is 16.5. The molecule has 4 heteroatoms. The van der Waals surface area contributed by atoms with E-state index in [0.29, 0.717) is 11.9 Å². The summed E-state index contributed by atoms with van der Waals surface area (Å²) in [6.07, 6.45) is 3.27. The van der Waals surface area contributed by atoms with Gasteiger partial charge in [0.05, 0.1) is 6.04 Å². The predicted molar refractivity (Wildman–Crippen MR) is 59.7 cm³/mol. The standard InChI is InChI=1S/C11H21N3O/c1-12-10-4-3-6-14(11(10)15)9-5-7-13(2)8-9/h9-10,12H,3-8H2,1-2H3. The van der Waals surface area contributed by atoms with Gasteiger partial charge in [-0.25, -0.2) is 0 Å². The van der Waals surface area contributed by atoms with Gasteiger partial charge in [-0.3, -0.25) is 4.79 Å². The van der Waals surface area contributed by atoms with Crippen molar-refractivity contribution in [2.45, 2.75) is 31.3 Å². The minimum absolute atomic E-state index is 0.0599. The average Bonchev–Trinajstić information content (AvgIpc) is 2.65.